The summed E-state index contributed by atoms with van der Waals surface area (Å²) >= 11 is 0. The van der Waals surface area contributed by atoms with Gasteiger partial charge in [0.2, 0.25) is 0 Å². The van der Waals surface area contributed by atoms with Crippen LogP contribution in [0.2, 0.25) is 0 Å². The minimum atomic E-state index is -1.41. The predicted molar refractivity (Wildman–Crippen MR) is 99.7 cm³/mol. The zero-order chi connectivity index (χ0) is 20.2. The molecule has 5 aliphatic heterocycles. The van der Waals surface area contributed by atoms with Gasteiger partial charge in [-0.15, -0.1) is 0 Å². The second kappa shape index (κ2) is 4.70. The molecule has 2 spiro atoms. The molecule has 1 N–H and O–H groups in total. The van der Waals surface area contributed by atoms with Crippen LogP contribution in [0.3, 0.4) is 0 Å². The Morgan fingerprint density at radius 1 is 1.17 bits per heavy atom. The summed E-state index contributed by atoms with van der Waals surface area (Å²) in [5.41, 5.74) is -1.56. The first kappa shape index (κ1) is 17.9. The minimum absolute atomic E-state index is 0.00905. The van der Waals surface area contributed by atoms with Crippen LogP contribution < -0.4 is 0 Å². The van der Waals surface area contributed by atoms with Crippen molar-refractivity contribution in [1.82, 2.24) is 4.90 Å². The highest BCUT2D eigenvalue weighted by molar-refractivity contribution is 5.82. The zero-order valence-electron chi connectivity index (χ0n) is 17.6. The van der Waals surface area contributed by atoms with E-state index in [9.17, 15) is 9.90 Å². The summed E-state index contributed by atoms with van der Waals surface area (Å²) in [6, 6.07) is 0.360. The van der Waals surface area contributed by atoms with Crippen LogP contribution in [0.4, 0.5) is 0 Å². The molecule has 0 aromatic rings. The molecule has 29 heavy (non-hydrogen) atoms. The highest BCUT2D eigenvalue weighted by Gasteiger charge is 2.90. The van der Waals surface area contributed by atoms with Crippen molar-refractivity contribution in [3.63, 3.8) is 0 Å². The van der Waals surface area contributed by atoms with Gasteiger partial charge in [-0.1, -0.05) is 6.92 Å². The van der Waals surface area contributed by atoms with Crippen LogP contribution in [0.1, 0.15) is 39.5 Å². The Morgan fingerprint density at radius 3 is 2.66 bits per heavy atom. The van der Waals surface area contributed by atoms with E-state index in [0.717, 1.165) is 19.3 Å². The fourth-order valence-corrected chi connectivity index (χ4v) is 9.28. The molecule has 0 aromatic heterocycles. The molecule has 8 rings (SSSR count). The van der Waals surface area contributed by atoms with Gasteiger partial charge in [0.1, 0.15) is 23.2 Å². The van der Waals surface area contributed by atoms with Crippen molar-refractivity contribution in [3.8, 4) is 0 Å². The SMILES string of the molecule is CN(C)[C@H]1CO[C@@H]2[C@@]1(C)CC[C@H]1[C@]34CC[C@@](O)(OC3)[C@]3(C)C(=O)O[C@@H]([C@H]43)[C@@H]3O[C@@]231. The van der Waals surface area contributed by atoms with Crippen molar-refractivity contribution < 1.29 is 28.8 Å². The van der Waals surface area contributed by atoms with Gasteiger partial charge in [0.25, 0.3) is 0 Å². The third-order valence-electron chi connectivity index (χ3n) is 10.6. The number of aliphatic hydroxyl groups is 1. The molecule has 3 aliphatic carbocycles. The van der Waals surface area contributed by atoms with Crippen molar-refractivity contribution in [2.75, 3.05) is 27.3 Å². The average Bonchev–Trinajstić information content (AvgIpc) is 3.17. The second-order valence-electron chi connectivity index (χ2n) is 11.5. The molecular formula is C22H31NO6. The normalized spacial score (nSPS) is 66.2. The Hall–Kier alpha value is -0.730. The van der Waals surface area contributed by atoms with Gasteiger partial charge in [-0.05, 0) is 40.3 Å². The molecule has 8 aliphatic rings. The van der Waals surface area contributed by atoms with Crippen molar-refractivity contribution in [1.29, 1.82) is 0 Å². The number of fused-ring (bicyclic) bond motifs is 4. The van der Waals surface area contributed by atoms with Gasteiger partial charge in [0, 0.05) is 35.1 Å². The van der Waals surface area contributed by atoms with Crippen LogP contribution in [0, 0.1) is 28.1 Å². The van der Waals surface area contributed by atoms with E-state index in [1.807, 2.05) is 6.92 Å². The first-order valence-corrected chi connectivity index (χ1v) is 11.2. The van der Waals surface area contributed by atoms with Crippen LogP contribution in [0.25, 0.3) is 0 Å². The van der Waals surface area contributed by atoms with Gasteiger partial charge in [0.05, 0.1) is 19.3 Å². The number of ether oxygens (including phenoxy) is 4. The van der Waals surface area contributed by atoms with Crippen LogP contribution >= 0.6 is 0 Å². The summed E-state index contributed by atoms with van der Waals surface area (Å²) in [6.07, 6.45) is 3.06. The monoisotopic (exact) mass is 405 g/mol. The highest BCUT2D eigenvalue weighted by Crippen LogP contribution is 2.79. The van der Waals surface area contributed by atoms with E-state index in [1.165, 1.54) is 0 Å². The zero-order valence-corrected chi connectivity index (χ0v) is 17.6. The van der Waals surface area contributed by atoms with Crippen LogP contribution in [0.5, 0.6) is 0 Å². The van der Waals surface area contributed by atoms with E-state index in [2.05, 4.69) is 25.9 Å². The standard InChI is InChI=1S/C22H31NO6/c1-18-6-5-11-20-7-8-21(25,27-10-20)19(2)14(20)13(28-17(19)24)15-22(11,29-15)16(18)26-9-12(18)23(3)4/h11-16,25H,5-10H2,1-4H3/t11-,12-,13-,14-,15-,16+,18-,19-,20-,21+,22+/m0/s1. The number of rotatable bonds is 1. The maximum absolute atomic E-state index is 13.1. The lowest BCUT2D eigenvalue weighted by Gasteiger charge is -2.67. The van der Waals surface area contributed by atoms with Crippen molar-refractivity contribution in [3.05, 3.63) is 0 Å². The van der Waals surface area contributed by atoms with Gasteiger partial charge >= 0.3 is 5.97 Å². The smallest absolute Gasteiger partial charge is 0.318 e. The highest BCUT2D eigenvalue weighted by atomic mass is 16.7. The maximum Gasteiger partial charge on any atom is 0.318 e. The molecule has 0 unspecified atom stereocenters. The Morgan fingerprint density at radius 2 is 1.97 bits per heavy atom. The lowest BCUT2D eigenvalue weighted by Crippen LogP contribution is -2.76. The molecule has 8 fully saturated rings. The molecule has 7 nitrogen and oxygen atoms in total. The Kier molecular flexibility index (Phi) is 2.90. The summed E-state index contributed by atoms with van der Waals surface area (Å²) in [7, 11) is 4.26. The van der Waals surface area contributed by atoms with Gasteiger partial charge in [0.15, 0.2) is 5.79 Å². The van der Waals surface area contributed by atoms with E-state index < -0.39 is 11.2 Å². The average molecular weight is 405 g/mol. The van der Waals surface area contributed by atoms with Crippen LogP contribution in [0.15, 0.2) is 0 Å². The summed E-state index contributed by atoms with van der Waals surface area (Å²) in [4.78, 5) is 15.4. The van der Waals surface area contributed by atoms with Gasteiger partial charge in [-0.2, -0.15) is 0 Å². The molecule has 11 atom stereocenters. The summed E-state index contributed by atoms with van der Waals surface area (Å²) < 4.78 is 25.2. The fraction of sp³-hybridized carbons (Fsp3) is 0.955. The van der Waals surface area contributed by atoms with Crippen molar-refractivity contribution >= 4 is 5.97 Å². The quantitative estimate of drug-likeness (QED) is 0.513. The molecular weight excluding hydrogens is 374 g/mol. The number of nitrogens with zero attached hydrogens (tertiary/aromatic N) is 1. The Bertz CT molecular complexity index is 822. The maximum atomic E-state index is 13.1. The molecule has 0 amide bonds. The second-order valence-corrected chi connectivity index (χ2v) is 11.5. The van der Waals surface area contributed by atoms with E-state index in [-0.39, 0.29) is 52.5 Å². The third-order valence-corrected chi connectivity index (χ3v) is 10.6. The number of epoxide rings is 1. The number of carbonyl (C=O) groups excluding carboxylic acids is 1. The summed E-state index contributed by atoms with van der Waals surface area (Å²) in [5, 5.41) is 11.3. The molecule has 3 saturated carbocycles. The number of likely N-dealkylation sites (N-methyl/N-ethyl adjacent to an activating group) is 1. The lowest BCUT2D eigenvalue weighted by atomic mass is 9.39. The summed E-state index contributed by atoms with van der Waals surface area (Å²) in [5.74, 6) is -1.50. The third kappa shape index (κ3) is 1.54. The first-order valence-electron chi connectivity index (χ1n) is 11.2. The Balaban J connectivity index is 1.38. The fourth-order valence-electron chi connectivity index (χ4n) is 9.28. The van der Waals surface area contributed by atoms with E-state index >= 15 is 0 Å². The lowest BCUT2D eigenvalue weighted by molar-refractivity contribution is -0.376. The number of esters is 1. The van der Waals surface area contributed by atoms with Gasteiger partial charge in [-0.25, -0.2) is 0 Å². The largest absolute Gasteiger partial charge is 0.459 e. The van der Waals surface area contributed by atoms with E-state index in [0.29, 0.717) is 25.7 Å². The molecule has 0 radical (unpaired) electrons. The van der Waals surface area contributed by atoms with Gasteiger partial charge < -0.3 is 29.0 Å². The van der Waals surface area contributed by atoms with Gasteiger partial charge in [-0.3, -0.25) is 4.79 Å². The first-order chi connectivity index (χ1) is 13.7. The number of carbonyl (C=O) groups is 1. The molecule has 5 saturated heterocycles. The van der Waals surface area contributed by atoms with E-state index in [1.54, 1.807) is 0 Å². The van der Waals surface area contributed by atoms with E-state index in [4.69, 9.17) is 18.9 Å². The molecule has 7 heteroatoms. The molecule has 5 heterocycles. The van der Waals surface area contributed by atoms with Crippen LogP contribution in [-0.2, 0) is 23.7 Å². The predicted octanol–water partition coefficient (Wildman–Crippen LogP) is 0.930. The molecule has 160 valence electrons. The number of hydrogen-bond donors (Lipinski definition) is 1. The topological polar surface area (TPSA) is 80.8 Å². The molecule has 2 bridgehead atoms. The number of hydrogen-bond acceptors (Lipinski definition) is 7. The Labute approximate surface area is 171 Å². The van der Waals surface area contributed by atoms with Crippen molar-refractivity contribution in [2.24, 2.45) is 28.1 Å². The van der Waals surface area contributed by atoms with Crippen molar-refractivity contribution in [2.45, 2.75) is 75.3 Å². The molecule has 0 aromatic carbocycles. The van der Waals surface area contributed by atoms with Crippen LogP contribution in [-0.4, -0.2) is 79.0 Å². The summed E-state index contributed by atoms with van der Waals surface area (Å²) in [6.45, 7) is 5.42. The minimum Gasteiger partial charge on any atom is -0.459 e.